The third-order valence-electron chi connectivity index (χ3n) is 3.47. The number of hydrogen-bond donors (Lipinski definition) is 1. The molecule has 0 bridgehead atoms. The van der Waals surface area contributed by atoms with Crippen molar-refractivity contribution in [3.63, 3.8) is 0 Å². The molecule has 0 aliphatic carbocycles. The van der Waals surface area contributed by atoms with Gasteiger partial charge < -0.3 is 5.32 Å². The van der Waals surface area contributed by atoms with E-state index < -0.39 is 0 Å². The Kier molecular flexibility index (Phi) is 4.81. The van der Waals surface area contributed by atoms with Crippen LogP contribution in [0.15, 0.2) is 40.9 Å². The zero-order valence-electron chi connectivity index (χ0n) is 12.0. The van der Waals surface area contributed by atoms with Crippen LogP contribution >= 0.6 is 15.9 Å². The molecule has 0 saturated heterocycles. The molecule has 0 spiro atoms. The lowest BCUT2D eigenvalue weighted by Gasteiger charge is -2.20. The minimum Gasteiger partial charge on any atom is -0.378 e. The lowest BCUT2D eigenvalue weighted by Crippen LogP contribution is -2.11. The summed E-state index contributed by atoms with van der Waals surface area (Å²) in [4.78, 5) is 0. The first-order valence-corrected chi connectivity index (χ1v) is 7.60. The van der Waals surface area contributed by atoms with E-state index >= 15 is 0 Å². The SMILES string of the molecule is CCC(Nc1cc(C)c(Br)c(C)c1)c1ccccc1F. The summed E-state index contributed by atoms with van der Waals surface area (Å²) in [6.07, 6.45) is 0.828. The van der Waals surface area contributed by atoms with Crippen molar-refractivity contribution in [2.45, 2.75) is 33.2 Å². The maximum absolute atomic E-state index is 13.9. The average Bonchev–Trinajstić information content (AvgIpc) is 2.43. The van der Waals surface area contributed by atoms with E-state index in [1.807, 2.05) is 12.1 Å². The molecule has 0 radical (unpaired) electrons. The van der Waals surface area contributed by atoms with Crippen molar-refractivity contribution in [1.29, 1.82) is 0 Å². The molecule has 0 fully saturated rings. The van der Waals surface area contributed by atoms with Crippen LogP contribution in [0.4, 0.5) is 10.1 Å². The Hall–Kier alpha value is -1.35. The van der Waals surface area contributed by atoms with Crippen molar-refractivity contribution in [3.8, 4) is 0 Å². The van der Waals surface area contributed by atoms with E-state index in [1.165, 1.54) is 17.2 Å². The molecule has 1 atom stereocenters. The molecule has 0 aliphatic heterocycles. The summed E-state index contributed by atoms with van der Waals surface area (Å²) in [5.74, 6) is -0.155. The molecule has 2 rings (SSSR count). The fourth-order valence-corrected chi connectivity index (χ4v) is 2.62. The van der Waals surface area contributed by atoms with E-state index in [4.69, 9.17) is 0 Å². The second-order valence-corrected chi connectivity index (χ2v) is 5.84. The zero-order valence-corrected chi connectivity index (χ0v) is 13.6. The van der Waals surface area contributed by atoms with Crippen molar-refractivity contribution in [2.24, 2.45) is 0 Å². The third-order valence-corrected chi connectivity index (χ3v) is 4.72. The average molecular weight is 336 g/mol. The smallest absolute Gasteiger partial charge is 0.128 e. The van der Waals surface area contributed by atoms with Crippen LogP contribution in [-0.4, -0.2) is 0 Å². The molecule has 0 saturated carbocycles. The van der Waals surface area contributed by atoms with Gasteiger partial charge in [-0.1, -0.05) is 41.1 Å². The van der Waals surface area contributed by atoms with Gasteiger partial charge >= 0.3 is 0 Å². The Balaban J connectivity index is 2.30. The molecule has 106 valence electrons. The summed E-state index contributed by atoms with van der Waals surface area (Å²) in [5, 5.41) is 3.43. The largest absolute Gasteiger partial charge is 0.378 e. The maximum Gasteiger partial charge on any atom is 0.128 e. The maximum atomic E-state index is 13.9. The number of halogens is 2. The fourth-order valence-electron chi connectivity index (χ4n) is 2.39. The molecule has 2 aromatic rings. The van der Waals surface area contributed by atoms with Gasteiger partial charge in [0, 0.05) is 15.7 Å². The molecule has 1 N–H and O–H groups in total. The molecule has 2 aromatic carbocycles. The molecule has 3 heteroatoms. The third kappa shape index (κ3) is 3.21. The molecule has 0 aliphatic rings. The Labute approximate surface area is 128 Å². The number of aryl methyl sites for hydroxylation is 2. The Morgan fingerprint density at radius 2 is 1.75 bits per heavy atom. The first-order chi connectivity index (χ1) is 9.52. The van der Waals surface area contributed by atoms with E-state index in [0.717, 1.165) is 16.6 Å². The van der Waals surface area contributed by atoms with Crippen LogP contribution in [0, 0.1) is 19.7 Å². The summed E-state index contributed by atoms with van der Waals surface area (Å²) >= 11 is 3.57. The van der Waals surface area contributed by atoms with Crippen LogP contribution < -0.4 is 5.32 Å². The highest BCUT2D eigenvalue weighted by Gasteiger charge is 2.14. The number of nitrogens with one attached hydrogen (secondary N) is 1. The van der Waals surface area contributed by atoms with E-state index in [9.17, 15) is 4.39 Å². The van der Waals surface area contributed by atoms with Crippen LogP contribution in [0.1, 0.15) is 36.1 Å². The van der Waals surface area contributed by atoms with Crippen molar-refractivity contribution in [3.05, 3.63) is 63.4 Å². The molecule has 1 nitrogen and oxygen atoms in total. The molecule has 0 heterocycles. The van der Waals surface area contributed by atoms with Gasteiger partial charge in [-0.15, -0.1) is 0 Å². The zero-order chi connectivity index (χ0) is 14.7. The first kappa shape index (κ1) is 15.0. The van der Waals surface area contributed by atoms with Crippen LogP contribution in [0.25, 0.3) is 0 Å². The number of anilines is 1. The van der Waals surface area contributed by atoms with Crippen LogP contribution in [-0.2, 0) is 0 Å². The summed E-state index contributed by atoms with van der Waals surface area (Å²) in [6.45, 7) is 6.18. The van der Waals surface area contributed by atoms with Gasteiger partial charge in [0.2, 0.25) is 0 Å². The molecule has 0 amide bonds. The van der Waals surface area contributed by atoms with E-state index in [-0.39, 0.29) is 11.9 Å². The van der Waals surface area contributed by atoms with Crippen molar-refractivity contribution >= 4 is 21.6 Å². The predicted molar refractivity (Wildman–Crippen MR) is 86.7 cm³/mol. The highest BCUT2D eigenvalue weighted by molar-refractivity contribution is 9.10. The summed E-state index contributed by atoms with van der Waals surface area (Å²) in [7, 11) is 0. The molecular weight excluding hydrogens is 317 g/mol. The van der Waals surface area contributed by atoms with Crippen LogP contribution in [0.3, 0.4) is 0 Å². The van der Waals surface area contributed by atoms with Gasteiger partial charge in [-0.3, -0.25) is 0 Å². The minimum atomic E-state index is -0.155. The normalized spacial score (nSPS) is 12.2. The number of benzene rings is 2. The molecule has 1 unspecified atom stereocenters. The highest BCUT2D eigenvalue weighted by atomic mass is 79.9. The van der Waals surface area contributed by atoms with Crippen LogP contribution in [0.2, 0.25) is 0 Å². The van der Waals surface area contributed by atoms with Gasteiger partial charge in [0.1, 0.15) is 5.82 Å². The fraction of sp³-hybridized carbons (Fsp3) is 0.294. The monoisotopic (exact) mass is 335 g/mol. The van der Waals surface area contributed by atoms with Crippen molar-refractivity contribution in [1.82, 2.24) is 0 Å². The van der Waals surface area contributed by atoms with Gasteiger partial charge in [-0.25, -0.2) is 4.39 Å². The standard InChI is InChI=1S/C17H19BrFN/c1-4-16(14-7-5-6-8-15(14)19)20-13-9-11(2)17(18)12(3)10-13/h5-10,16,20H,4H2,1-3H3. The summed E-state index contributed by atoms with van der Waals surface area (Å²) in [6, 6.07) is 11.1. The van der Waals surface area contributed by atoms with E-state index in [2.05, 4.69) is 54.2 Å². The second kappa shape index (κ2) is 6.40. The van der Waals surface area contributed by atoms with Gasteiger partial charge in [-0.2, -0.15) is 0 Å². The van der Waals surface area contributed by atoms with Gasteiger partial charge in [0.05, 0.1) is 6.04 Å². The number of hydrogen-bond acceptors (Lipinski definition) is 1. The molecule has 0 aromatic heterocycles. The van der Waals surface area contributed by atoms with E-state index in [0.29, 0.717) is 5.56 Å². The minimum absolute atomic E-state index is 0.0174. The predicted octanol–water partition coefficient (Wildman–Crippen LogP) is 5.77. The Morgan fingerprint density at radius 3 is 2.30 bits per heavy atom. The van der Waals surface area contributed by atoms with Gasteiger partial charge in [0.25, 0.3) is 0 Å². The lowest BCUT2D eigenvalue weighted by atomic mass is 10.0. The lowest BCUT2D eigenvalue weighted by molar-refractivity contribution is 0.587. The summed E-state index contributed by atoms with van der Waals surface area (Å²) < 4.78 is 15.0. The Morgan fingerprint density at radius 1 is 1.15 bits per heavy atom. The second-order valence-electron chi connectivity index (χ2n) is 5.05. The van der Waals surface area contributed by atoms with E-state index in [1.54, 1.807) is 6.07 Å². The van der Waals surface area contributed by atoms with Gasteiger partial charge in [0.15, 0.2) is 0 Å². The quantitative estimate of drug-likeness (QED) is 0.747. The molecule has 20 heavy (non-hydrogen) atoms. The topological polar surface area (TPSA) is 12.0 Å². The molecular formula is C17H19BrFN. The van der Waals surface area contributed by atoms with Crippen molar-refractivity contribution < 1.29 is 4.39 Å². The highest BCUT2D eigenvalue weighted by Crippen LogP contribution is 2.29. The summed E-state index contributed by atoms with van der Waals surface area (Å²) in [5.41, 5.74) is 4.10. The Bertz CT molecular complexity index is 587. The van der Waals surface area contributed by atoms with Gasteiger partial charge in [-0.05, 0) is 49.6 Å². The first-order valence-electron chi connectivity index (χ1n) is 6.80. The van der Waals surface area contributed by atoms with Crippen molar-refractivity contribution in [2.75, 3.05) is 5.32 Å². The van der Waals surface area contributed by atoms with Crippen LogP contribution in [0.5, 0.6) is 0 Å². The number of rotatable bonds is 4.